The Bertz CT molecular complexity index is 376. The number of rotatable bonds is 5. The Morgan fingerprint density at radius 3 is 2.44 bits per heavy atom. The molecule has 104 valence electrons. The minimum atomic E-state index is -4.15. The van der Waals surface area contributed by atoms with E-state index in [0.717, 1.165) is 7.11 Å². The number of phosphoric acid groups is 1. The smallest absolute Gasteiger partial charge is 0.370 e. The van der Waals surface area contributed by atoms with Gasteiger partial charge in [-0.15, -0.1) is 10.1 Å². The Labute approximate surface area is 101 Å². The summed E-state index contributed by atoms with van der Waals surface area (Å²) >= 11 is 0. The molecule has 0 amide bonds. The molecule has 0 bridgehead atoms. The van der Waals surface area contributed by atoms with Gasteiger partial charge in [-0.05, 0) is 0 Å². The summed E-state index contributed by atoms with van der Waals surface area (Å²) in [5, 5.41) is 9.31. The van der Waals surface area contributed by atoms with Gasteiger partial charge in [0.2, 0.25) is 0 Å². The van der Waals surface area contributed by atoms with Gasteiger partial charge in [0.1, 0.15) is 18.3 Å². The predicted octanol–water partition coefficient (Wildman–Crippen LogP) is -0.507. The van der Waals surface area contributed by atoms with Gasteiger partial charge in [0, 0.05) is 7.11 Å². The van der Waals surface area contributed by atoms with E-state index >= 15 is 0 Å². The lowest BCUT2D eigenvalue weighted by Crippen LogP contribution is -2.34. The Balaban J connectivity index is 1.96. The fourth-order valence-corrected chi connectivity index (χ4v) is 2.54. The van der Waals surface area contributed by atoms with Crippen LogP contribution in [-0.2, 0) is 27.9 Å². The first-order valence-corrected chi connectivity index (χ1v) is 6.54. The van der Waals surface area contributed by atoms with Crippen LogP contribution >= 0.6 is 7.82 Å². The van der Waals surface area contributed by atoms with Gasteiger partial charge in [-0.1, -0.05) is 0 Å². The van der Waals surface area contributed by atoms with Crippen molar-refractivity contribution >= 4 is 7.82 Å². The zero-order valence-electron chi connectivity index (χ0n) is 9.33. The van der Waals surface area contributed by atoms with Crippen molar-refractivity contribution in [2.24, 2.45) is 0 Å². The lowest BCUT2D eigenvalue weighted by Gasteiger charge is -2.18. The zero-order chi connectivity index (χ0) is 13.3. The van der Waals surface area contributed by atoms with E-state index < -0.39 is 37.3 Å². The highest BCUT2D eigenvalue weighted by atomic mass is 31.2. The van der Waals surface area contributed by atoms with E-state index in [0.29, 0.717) is 0 Å². The van der Waals surface area contributed by atoms with Gasteiger partial charge >= 0.3 is 7.82 Å². The fourth-order valence-electron chi connectivity index (χ4n) is 1.93. The standard InChI is InChI=1S/C7H12NO9P/c1-13-18(11,12)17-5-3-15-6-4(16-8(9)10)2-14-7(5)6/h4-7H,2-3H2,1H3,(H,11,12)/t4-,5+,6-,7-/m1/s1. The van der Waals surface area contributed by atoms with Crippen LogP contribution in [0.2, 0.25) is 0 Å². The second kappa shape index (κ2) is 5.08. The van der Waals surface area contributed by atoms with Gasteiger partial charge < -0.3 is 19.2 Å². The summed E-state index contributed by atoms with van der Waals surface area (Å²) in [6.45, 7) is -0.0697. The molecule has 11 heteroatoms. The second-order valence-electron chi connectivity index (χ2n) is 3.76. The van der Waals surface area contributed by atoms with Gasteiger partial charge in [-0.3, -0.25) is 9.05 Å². The molecule has 2 fully saturated rings. The van der Waals surface area contributed by atoms with Crippen LogP contribution in [0.1, 0.15) is 0 Å². The van der Waals surface area contributed by atoms with Crippen molar-refractivity contribution in [3.05, 3.63) is 10.1 Å². The van der Waals surface area contributed by atoms with Crippen molar-refractivity contribution in [1.29, 1.82) is 0 Å². The van der Waals surface area contributed by atoms with E-state index in [1.165, 1.54) is 0 Å². The zero-order valence-corrected chi connectivity index (χ0v) is 10.2. The van der Waals surface area contributed by atoms with Gasteiger partial charge in [-0.2, -0.15) is 0 Å². The summed E-state index contributed by atoms with van der Waals surface area (Å²) in [6, 6.07) is 0. The molecule has 1 N–H and O–H groups in total. The van der Waals surface area contributed by atoms with Crippen LogP contribution < -0.4 is 0 Å². The number of fused-ring (bicyclic) bond motifs is 1. The maximum absolute atomic E-state index is 11.2. The molecule has 0 saturated carbocycles. The average molecular weight is 285 g/mol. The lowest BCUT2D eigenvalue weighted by molar-refractivity contribution is -0.769. The van der Waals surface area contributed by atoms with E-state index in [1.54, 1.807) is 0 Å². The molecular formula is C7H12NO9P. The molecule has 0 aromatic carbocycles. The van der Waals surface area contributed by atoms with Crippen LogP contribution in [0.3, 0.4) is 0 Å². The highest BCUT2D eigenvalue weighted by Gasteiger charge is 2.51. The summed E-state index contributed by atoms with van der Waals surface area (Å²) in [4.78, 5) is 23.8. The SMILES string of the molecule is COP(=O)(O)O[C@H]1CO[C@H]2[C@@H]1OC[C@H]2O[N+](=O)[O-]. The summed E-state index contributed by atoms with van der Waals surface area (Å²) in [5.41, 5.74) is 0. The Morgan fingerprint density at radius 1 is 1.33 bits per heavy atom. The number of hydrogen-bond donors (Lipinski definition) is 1. The first-order chi connectivity index (χ1) is 8.43. The molecule has 0 radical (unpaired) electrons. The summed E-state index contributed by atoms with van der Waals surface area (Å²) in [6.07, 6.45) is -3.08. The highest BCUT2D eigenvalue weighted by Crippen LogP contribution is 2.46. The van der Waals surface area contributed by atoms with E-state index in [2.05, 4.69) is 9.36 Å². The van der Waals surface area contributed by atoms with Crippen LogP contribution in [-0.4, -0.2) is 54.7 Å². The fraction of sp³-hybridized carbons (Fsp3) is 1.00. The van der Waals surface area contributed by atoms with Crippen LogP contribution in [0.4, 0.5) is 0 Å². The number of ether oxygens (including phenoxy) is 2. The number of phosphoric ester groups is 1. The molecule has 5 atom stereocenters. The van der Waals surface area contributed by atoms with Gasteiger partial charge in [-0.25, -0.2) is 4.57 Å². The first-order valence-electron chi connectivity index (χ1n) is 5.04. The van der Waals surface area contributed by atoms with E-state index in [-0.39, 0.29) is 13.2 Å². The molecule has 0 spiro atoms. The molecule has 2 rings (SSSR count). The van der Waals surface area contributed by atoms with E-state index in [1.807, 2.05) is 0 Å². The molecule has 0 aliphatic carbocycles. The van der Waals surface area contributed by atoms with Crippen molar-refractivity contribution in [3.8, 4) is 0 Å². The van der Waals surface area contributed by atoms with Gasteiger partial charge in [0.25, 0.3) is 5.09 Å². The predicted molar refractivity (Wildman–Crippen MR) is 53.1 cm³/mol. The van der Waals surface area contributed by atoms with Crippen LogP contribution in [0, 0.1) is 10.1 Å². The molecule has 2 heterocycles. The van der Waals surface area contributed by atoms with Crippen LogP contribution in [0.5, 0.6) is 0 Å². The average Bonchev–Trinajstić information content (AvgIpc) is 2.83. The Hall–Kier alpha value is -0.770. The monoisotopic (exact) mass is 285 g/mol. The molecular weight excluding hydrogens is 273 g/mol. The maximum Gasteiger partial charge on any atom is 0.472 e. The second-order valence-corrected chi connectivity index (χ2v) is 5.27. The third-order valence-electron chi connectivity index (χ3n) is 2.68. The maximum atomic E-state index is 11.2. The van der Waals surface area contributed by atoms with Crippen molar-refractivity contribution in [3.63, 3.8) is 0 Å². The molecule has 0 aromatic heterocycles. The molecule has 2 aliphatic heterocycles. The summed E-state index contributed by atoms with van der Waals surface area (Å²) in [7, 11) is -3.12. The Morgan fingerprint density at radius 2 is 1.89 bits per heavy atom. The Kier molecular flexibility index (Phi) is 3.85. The van der Waals surface area contributed by atoms with Gasteiger partial charge in [0.05, 0.1) is 13.2 Å². The third-order valence-corrected chi connectivity index (χ3v) is 3.68. The van der Waals surface area contributed by atoms with Crippen molar-refractivity contribution < 1.29 is 37.9 Å². The van der Waals surface area contributed by atoms with Gasteiger partial charge in [0.15, 0.2) is 6.10 Å². The first kappa shape index (κ1) is 13.7. The number of nitrogens with zero attached hydrogens (tertiary/aromatic N) is 1. The number of hydrogen-bond acceptors (Lipinski definition) is 8. The van der Waals surface area contributed by atoms with Crippen molar-refractivity contribution in [1.82, 2.24) is 0 Å². The molecule has 0 aromatic rings. The normalized spacial score (nSPS) is 38.1. The summed E-state index contributed by atoms with van der Waals surface area (Å²) in [5.74, 6) is 0. The largest absolute Gasteiger partial charge is 0.472 e. The molecule has 18 heavy (non-hydrogen) atoms. The minimum Gasteiger partial charge on any atom is -0.370 e. The molecule has 2 saturated heterocycles. The highest BCUT2D eigenvalue weighted by molar-refractivity contribution is 7.47. The van der Waals surface area contributed by atoms with E-state index in [9.17, 15) is 19.6 Å². The van der Waals surface area contributed by atoms with Crippen LogP contribution in [0.15, 0.2) is 0 Å². The minimum absolute atomic E-state index is 0.0270. The summed E-state index contributed by atoms with van der Waals surface area (Å²) < 4.78 is 30.8. The quantitative estimate of drug-likeness (QED) is 0.403. The van der Waals surface area contributed by atoms with E-state index in [4.69, 9.17) is 14.0 Å². The molecule has 10 nitrogen and oxygen atoms in total. The third kappa shape index (κ3) is 2.79. The van der Waals surface area contributed by atoms with Crippen molar-refractivity contribution in [2.45, 2.75) is 24.4 Å². The van der Waals surface area contributed by atoms with Crippen molar-refractivity contribution in [2.75, 3.05) is 20.3 Å². The lowest BCUT2D eigenvalue weighted by atomic mass is 10.1. The topological polar surface area (TPSA) is 127 Å². The molecule has 1 unspecified atom stereocenters. The van der Waals surface area contributed by atoms with Crippen LogP contribution in [0.25, 0.3) is 0 Å². The molecule has 2 aliphatic rings.